The lowest BCUT2D eigenvalue weighted by molar-refractivity contribution is 0.0945. The molecule has 0 saturated heterocycles. The molecule has 0 aliphatic rings. The first-order chi connectivity index (χ1) is 16.6. The third kappa shape index (κ3) is 5.99. The van der Waals surface area contributed by atoms with E-state index < -0.39 is 0 Å². The number of hydroxylamine groups is 1. The molecule has 0 atom stereocenters. The lowest BCUT2D eigenvalue weighted by Gasteiger charge is -2.06. The second-order valence-corrected chi connectivity index (χ2v) is 7.73. The summed E-state index contributed by atoms with van der Waals surface area (Å²) >= 11 is 3.37. The molecular formula is C20H19BrN10O3. The number of amides is 1. The van der Waals surface area contributed by atoms with Crippen molar-refractivity contribution in [3.63, 3.8) is 0 Å². The van der Waals surface area contributed by atoms with Gasteiger partial charge in [0.2, 0.25) is 5.82 Å². The van der Waals surface area contributed by atoms with Crippen LogP contribution in [0.4, 0.5) is 11.5 Å². The lowest BCUT2D eigenvalue weighted by atomic mass is 10.3. The predicted octanol–water partition coefficient (Wildman–Crippen LogP) is 1.92. The highest BCUT2D eigenvalue weighted by atomic mass is 79.9. The first-order valence-corrected chi connectivity index (χ1v) is 10.8. The Bertz CT molecular complexity index is 1270. The third-order valence-electron chi connectivity index (χ3n) is 4.41. The number of nitrogens with zero attached hydrogens (tertiary/aromatic N) is 7. The molecule has 13 nitrogen and oxygen atoms in total. The van der Waals surface area contributed by atoms with Crippen molar-refractivity contribution in [2.45, 2.75) is 13.1 Å². The highest BCUT2D eigenvalue weighted by Crippen LogP contribution is 2.20. The molecule has 1 amide bonds. The van der Waals surface area contributed by atoms with E-state index in [2.05, 4.69) is 57.2 Å². The van der Waals surface area contributed by atoms with Gasteiger partial charge in [0, 0.05) is 17.2 Å². The minimum absolute atomic E-state index is 0.0635. The second kappa shape index (κ2) is 11.1. The number of pyridine rings is 1. The number of anilines is 1. The van der Waals surface area contributed by atoms with Crippen LogP contribution < -0.4 is 16.1 Å². The molecule has 0 fully saturated rings. The third-order valence-corrected chi connectivity index (χ3v) is 4.91. The summed E-state index contributed by atoms with van der Waals surface area (Å²) in [5.41, 5.74) is 3.75. The Kier molecular flexibility index (Phi) is 7.52. The number of aliphatic imine (C=N–C) groups is 1. The standard InChI is InChI=1S/C20H19BrN10O3/c21-13-4-3-5-14(10-13)25-19(27-33)17-18(29-34-28-17)23-8-9-31-12-15(26-30-31)11-24-20(32)16-6-1-2-7-22-16/h1-7,10,12,33H,8-9,11H2,(H,23,29)(H,24,32)(H,25,27). The molecule has 3 heterocycles. The van der Waals surface area contributed by atoms with Gasteiger partial charge in [0.15, 0.2) is 11.5 Å². The van der Waals surface area contributed by atoms with Crippen molar-refractivity contribution in [3.8, 4) is 0 Å². The number of aromatic nitrogens is 6. The summed E-state index contributed by atoms with van der Waals surface area (Å²) in [6, 6.07) is 12.3. The largest absolute Gasteiger partial charge is 0.363 e. The van der Waals surface area contributed by atoms with Crippen LogP contribution in [0, 0.1) is 0 Å². The fourth-order valence-electron chi connectivity index (χ4n) is 2.84. The Labute approximate surface area is 201 Å². The van der Waals surface area contributed by atoms with Gasteiger partial charge in [-0.05, 0) is 40.6 Å². The van der Waals surface area contributed by atoms with E-state index in [4.69, 9.17) is 4.63 Å². The monoisotopic (exact) mass is 526 g/mol. The van der Waals surface area contributed by atoms with E-state index in [-0.39, 0.29) is 24.0 Å². The van der Waals surface area contributed by atoms with Crippen LogP contribution >= 0.6 is 15.9 Å². The van der Waals surface area contributed by atoms with E-state index in [1.807, 2.05) is 17.6 Å². The molecule has 0 saturated carbocycles. The van der Waals surface area contributed by atoms with Gasteiger partial charge < -0.3 is 10.6 Å². The van der Waals surface area contributed by atoms with Crippen LogP contribution in [0.5, 0.6) is 0 Å². The minimum Gasteiger partial charge on any atom is -0.363 e. The Hall–Kier alpha value is -4.17. The summed E-state index contributed by atoms with van der Waals surface area (Å²) in [7, 11) is 0. The molecule has 14 heteroatoms. The molecule has 0 aliphatic carbocycles. The van der Waals surface area contributed by atoms with Gasteiger partial charge in [0.25, 0.3) is 5.91 Å². The molecular weight excluding hydrogens is 508 g/mol. The maximum Gasteiger partial charge on any atom is 0.270 e. The molecule has 0 radical (unpaired) electrons. The molecule has 0 unspecified atom stereocenters. The maximum absolute atomic E-state index is 12.1. The molecule has 1 aromatic carbocycles. The number of carbonyl (C=O) groups excluding carboxylic acids is 1. The first-order valence-electron chi connectivity index (χ1n) is 10.0. The number of nitrogens with one attached hydrogen (secondary N) is 3. The number of benzene rings is 1. The van der Waals surface area contributed by atoms with Gasteiger partial charge in [-0.25, -0.2) is 9.62 Å². The normalized spacial score (nSPS) is 11.3. The minimum atomic E-state index is -0.291. The Morgan fingerprint density at radius 2 is 2.12 bits per heavy atom. The van der Waals surface area contributed by atoms with Crippen molar-refractivity contribution in [1.29, 1.82) is 0 Å². The molecule has 4 N–H and O–H groups in total. The van der Waals surface area contributed by atoms with E-state index in [1.54, 1.807) is 47.4 Å². The van der Waals surface area contributed by atoms with Crippen molar-refractivity contribution < 1.29 is 14.6 Å². The average Bonchev–Trinajstić information content (AvgIpc) is 3.51. The van der Waals surface area contributed by atoms with E-state index in [0.29, 0.717) is 36.0 Å². The van der Waals surface area contributed by atoms with Gasteiger partial charge in [-0.2, -0.15) is 0 Å². The summed E-state index contributed by atoms with van der Waals surface area (Å²) < 4.78 is 7.26. The van der Waals surface area contributed by atoms with Crippen molar-refractivity contribution in [3.05, 3.63) is 76.4 Å². The zero-order valence-corrected chi connectivity index (χ0v) is 19.2. The number of carbonyl (C=O) groups is 1. The molecule has 34 heavy (non-hydrogen) atoms. The predicted molar refractivity (Wildman–Crippen MR) is 123 cm³/mol. The molecule has 174 valence electrons. The van der Waals surface area contributed by atoms with Crippen LogP contribution in [0.3, 0.4) is 0 Å². The Morgan fingerprint density at radius 3 is 2.91 bits per heavy atom. The fraction of sp³-hybridized carbons (Fsp3) is 0.150. The molecule has 0 aliphatic heterocycles. The van der Waals surface area contributed by atoms with Crippen molar-refractivity contribution in [2.24, 2.45) is 4.99 Å². The van der Waals surface area contributed by atoms with Crippen LogP contribution in [0.2, 0.25) is 0 Å². The van der Waals surface area contributed by atoms with Crippen molar-refractivity contribution >= 4 is 39.2 Å². The Balaban J connectivity index is 1.31. The summed E-state index contributed by atoms with van der Waals surface area (Å²) in [4.78, 5) is 20.4. The Morgan fingerprint density at radius 1 is 1.21 bits per heavy atom. The van der Waals surface area contributed by atoms with E-state index in [9.17, 15) is 10.0 Å². The van der Waals surface area contributed by atoms with Gasteiger partial charge in [-0.3, -0.25) is 25.1 Å². The highest BCUT2D eigenvalue weighted by molar-refractivity contribution is 9.10. The summed E-state index contributed by atoms with van der Waals surface area (Å²) in [6.45, 7) is 1.07. The van der Waals surface area contributed by atoms with E-state index in [1.165, 1.54) is 0 Å². The molecule has 4 aromatic rings. The summed E-state index contributed by atoms with van der Waals surface area (Å²) in [5.74, 6) is 0.0625. The second-order valence-electron chi connectivity index (χ2n) is 6.81. The summed E-state index contributed by atoms with van der Waals surface area (Å²) in [6.07, 6.45) is 3.28. The highest BCUT2D eigenvalue weighted by Gasteiger charge is 2.16. The lowest BCUT2D eigenvalue weighted by Crippen LogP contribution is -2.23. The van der Waals surface area contributed by atoms with E-state index in [0.717, 1.165) is 4.47 Å². The maximum atomic E-state index is 12.1. The van der Waals surface area contributed by atoms with Gasteiger partial charge >= 0.3 is 0 Å². The molecule has 0 spiro atoms. The topological polar surface area (TPSA) is 168 Å². The first kappa shape index (κ1) is 23.0. The number of rotatable bonds is 9. The molecule has 3 aromatic heterocycles. The van der Waals surface area contributed by atoms with Gasteiger partial charge in [-0.1, -0.05) is 33.3 Å². The zero-order valence-electron chi connectivity index (χ0n) is 17.6. The number of hydrogen-bond donors (Lipinski definition) is 4. The van der Waals surface area contributed by atoms with Crippen molar-refractivity contribution in [1.82, 2.24) is 41.1 Å². The van der Waals surface area contributed by atoms with Crippen LogP contribution in [0.1, 0.15) is 21.9 Å². The van der Waals surface area contributed by atoms with Crippen molar-refractivity contribution in [2.75, 3.05) is 11.9 Å². The summed E-state index contributed by atoms with van der Waals surface area (Å²) in [5, 5.41) is 31.1. The van der Waals surface area contributed by atoms with Crippen LogP contribution in [-0.2, 0) is 13.1 Å². The van der Waals surface area contributed by atoms with Gasteiger partial charge in [-0.15, -0.1) is 5.10 Å². The number of amidine groups is 1. The van der Waals surface area contributed by atoms with Crippen LogP contribution in [0.25, 0.3) is 0 Å². The number of halogens is 1. The number of hydrogen-bond acceptors (Lipinski definition) is 10. The van der Waals surface area contributed by atoms with Gasteiger partial charge in [0.05, 0.1) is 25.0 Å². The van der Waals surface area contributed by atoms with Gasteiger partial charge in [0.1, 0.15) is 11.4 Å². The smallest absolute Gasteiger partial charge is 0.270 e. The van der Waals surface area contributed by atoms with Crippen LogP contribution in [-0.4, -0.2) is 53.8 Å². The molecule has 4 rings (SSSR count). The fourth-order valence-corrected chi connectivity index (χ4v) is 3.23. The quantitative estimate of drug-likeness (QED) is 0.143. The van der Waals surface area contributed by atoms with Crippen LogP contribution in [0.15, 0.2) is 69.0 Å². The SMILES string of the molecule is O=C(NCc1cn(CCNc2nonc2C(=Nc2cccc(Br)c2)NO)nn1)c1ccccn1. The zero-order chi connectivity index (χ0) is 23.8. The average molecular weight is 527 g/mol. The van der Waals surface area contributed by atoms with E-state index >= 15 is 0 Å². The molecule has 0 bridgehead atoms.